The summed E-state index contributed by atoms with van der Waals surface area (Å²) < 4.78 is 12.6. The van der Waals surface area contributed by atoms with E-state index < -0.39 is 5.97 Å². The maximum absolute atomic E-state index is 11.3. The third-order valence-electron chi connectivity index (χ3n) is 3.65. The summed E-state index contributed by atoms with van der Waals surface area (Å²) in [6.07, 6.45) is 5.24. The Morgan fingerprint density at radius 3 is 2.80 bits per heavy atom. The van der Waals surface area contributed by atoms with E-state index in [4.69, 9.17) is 9.47 Å². The Balaban J connectivity index is 2.12. The van der Waals surface area contributed by atoms with Crippen LogP contribution in [-0.2, 0) is 10.3 Å². The van der Waals surface area contributed by atoms with Gasteiger partial charge in [0.2, 0.25) is 0 Å². The van der Waals surface area contributed by atoms with Gasteiger partial charge in [-0.2, -0.15) is 0 Å². The van der Waals surface area contributed by atoms with Crippen LogP contribution in [0.1, 0.15) is 35.8 Å². The SMILES string of the molecule is CCOc1cc2nc(C3(OC)CC3)cn2cc1C(=O)O. The van der Waals surface area contributed by atoms with Crippen LogP contribution in [-0.4, -0.2) is 34.2 Å². The summed E-state index contributed by atoms with van der Waals surface area (Å²) in [5, 5.41) is 9.24. The number of carboxylic acids is 1. The summed E-state index contributed by atoms with van der Waals surface area (Å²) in [5.41, 5.74) is 1.34. The standard InChI is InChI=1S/C14H16N2O4/c1-3-20-10-6-12-15-11(14(19-2)4-5-14)8-16(12)7-9(10)13(17)18/h6-8H,3-5H2,1-2H3,(H,17,18). The summed E-state index contributed by atoms with van der Waals surface area (Å²) in [6, 6.07) is 1.65. The first-order chi connectivity index (χ1) is 9.59. The average molecular weight is 276 g/mol. The van der Waals surface area contributed by atoms with Gasteiger partial charge < -0.3 is 19.0 Å². The molecule has 6 heteroatoms. The van der Waals surface area contributed by atoms with Crippen LogP contribution in [0.25, 0.3) is 5.65 Å². The molecule has 0 amide bonds. The number of methoxy groups -OCH3 is 1. The van der Waals surface area contributed by atoms with Gasteiger partial charge in [-0.05, 0) is 19.8 Å². The van der Waals surface area contributed by atoms with Crippen molar-refractivity contribution in [2.24, 2.45) is 0 Å². The molecule has 0 radical (unpaired) electrons. The van der Waals surface area contributed by atoms with Crippen LogP contribution in [0, 0.1) is 0 Å². The number of fused-ring (bicyclic) bond motifs is 1. The Bertz CT molecular complexity index is 673. The van der Waals surface area contributed by atoms with Crippen molar-refractivity contribution in [3.05, 3.63) is 29.7 Å². The molecule has 2 heterocycles. The van der Waals surface area contributed by atoms with Crippen LogP contribution in [0.4, 0.5) is 0 Å². The molecule has 0 unspecified atom stereocenters. The highest BCUT2D eigenvalue weighted by Crippen LogP contribution is 2.48. The van der Waals surface area contributed by atoms with Crippen LogP contribution >= 0.6 is 0 Å². The van der Waals surface area contributed by atoms with E-state index in [0.29, 0.717) is 18.0 Å². The van der Waals surface area contributed by atoms with Crippen molar-refractivity contribution in [2.45, 2.75) is 25.4 Å². The number of aromatic nitrogens is 2. The smallest absolute Gasteiger partial charge is 0.341 e. The summed E-state index contributed by atoms with van der Waals surface area (Å²) in [5.74, 6) is -0.676. The van der Waals surface area contributed by atoms with Gasteiger partial charge in [0, 0.05) is 25.6 Å². The largest absolute Gasteiger partial charge is 0.493 e. The molecule has 0 bridgehead atoms. The zero-order valence-electron chi connectivity index (χ0n) is 11.4. The average Bonchev–Trinajstić information content (AvgIpc) is 3.12. The van der Waals surface area contributed by atoms with E-state index in [-0.39, 0.29) is 11.2 Å². The van der Waals surface area contributed by atoms with Gasteiger partial charge in [0.25, 0.3) is 0 Å². The fraction of sp³-hybridized carbons (Fsp3) is 0.429. The van der Waals surface area contributed by atoms with E-state index in [9.17, 15) is 9.90 Å². The topological polar surface area (TPSA) is 73.1 Å². The van der Waals surface area contributed by atoms with Gasteiger partial charge >= 0.3 is 5.97 Å². The fourth-order valence-corrected chi connectivity index (χ4v) is 2.35. The van der Waals surface area contributed by atoms with E-state index in [2.05, 4.69) is 4.98 Å². The summed E-state index contributed by atoms with van der Waals surface area (Å²) in [4.78, 5) is 15.8. The van der Waals surface area contributed by atoms with E-state index >= 15 is 0 Å². The molecule has 0 atom stereocenters. The number of carboxylic acid groups (broad SMARTS) is 1. The molecule has 1 fully saturated rings. The molecule has 1 N–H and O–H groups in total. The van der Waals surface area contributed by atoms with Crippen LogP contribution in [0.15, 0.2) is 18.5 Å². The van der Waals surface area contributed by atoms with Crippen molar-refractivity contribution in [1.29, 1.82) is 0 Å². The van der Waals surface area contributed by atoms with Gasteiger partial charge in [0.15, 0.2) is 0 Å². The first kappa shape index (κ1) is 12.9. The number of pyridine rings is 1. The number of carbonyl (C=O) groups is 1. The quantitative estimate of drug-likeness (QED) is 0.905. The Hall–Kier alpha value is -2.08. The van der Waals surface area contributed by atoms with Crippen LogP contribution in [0.2, 0.25) is 0 Å². The third-order valence-corrected chi connectivity index (χ3v) is 3.65. The molecule has 0 aromatic carbocycles. The normalized spacial score (nSPS) is 16.3. The second kappa shape index (κ2) is 4.49. The van der Waals surface area contributed by atoms with Crippen molar-refractivity contribution in [3.8, 4) is 5.75 Å². The maximum Gasteiger partial charge on any atom is 0.341 e. The number of aromatic carboxylic acids is 1. The molecule has 0 spiro atoms. The molecule has 0 aliphatic heterocycles. The lowest BCUT2D eigenvalue weighted by molar-refractivity contribution is 0.0692. The first-order valence-electron chi connectivity index (χ1n) is 6.54. The Morgan fingerprint density at radius 2 is 2.25 bits per heavy atom. The van der Waals surface area contributed by atoms with Gasteiger partial charge in [0.05, 0.1) is 12.3 Å². The molecule has 1 saturated carbocycles. The van der Waals surface area contributed by atoms with Crippen LogP contribution in [0.3, 0.4) is 0 Å². The zero-order valence-corrected chi connectivity index (χ0v) is 11.4. The lowest BCUT2D eigenvalue weighted by Crippen LogP contribution is -2.08. The molecule has 2 aromatic heterocycles. The molecule has 1 aliphatic carbocycles. The zero-order chi connectivity index (χ0) is 14.3. The lowest BCUT2D eigenvalue weighted by Gasteiger charge is -2.08. The summed E-state index contributed by atoms with van der Waals surface area (Å²) in [7, 11) is 1.67. The molecule has 1 aliphatic rings. The van der Waals surface area contributed by atoms with Gasteiger partial charge in [0.1, 0.15) is 22.6 Å². The van der Waals surface area contributed by atoms with Gasteiger partial charge in [-0.25, -0.2) is 9.78 Å². The van der Waals surface area contributed by atoms with Gasteiger partial charge in [-0.3, -0.25) is 0 Å². The van der Waals surface area contributed by atoms with E-state index in [1.807, 2.05) is 13.1 Å². The van der Waals surface area contributed by atoms with Gasteiger partial charge in [-0.1, -0.05) is 0 Å². The predicted octanol–water partition coefficient (Wildman–Crippen LogP) is 2.07. The summed E-state index contributed by atoms with van der Waals surface area (Å²) >= 11 is 0. The lowest BCUT2D eigenvalue weighted by atomic mass is 10.2. The third kappa shape index (κ3) is 1.92. The van der Waals surface area contributed by atoms with Crippen molar-refractivity contribution >= 4 is 11.6 Å². The number of ether oxygens (including phenoxy) is 2. The number of nitrogens with zero attached hydrogens (tertiary/aromatic N) is 2. The van der Waals surface area contributed by atoms with Crippen molar-refractivity contribution in [1.82, 2.24) is 9.38 Å². The maximum atomic E-state index is 11.3. The molecule has 106 valence electrons. The summed E-state index contributed by atoms with van der Waals surface area (Å²) in [6.45, 7) is 2.23. The monoisotopic (exact) mass is 276 g/mol. The highest BCUT2D eigenvalue weighted by atomic mass is 16.5. The highest BCUT2D eigenvalue weighted by molar-refractivity contribution is 5.91. The minimum Gasteiger partial charge on any atom is -0.493 e. The second-order valence-corrected chi connectivity index (χ2v) is 4.88. The van der Waals surface area contributed by atoms with E-state index in [1.165, 1.54) is 6.20 Å². The molecular formula is C14H16N2O4. The minimum absolute atomic E-state index is 0.130. The van der Waals surface area contributed by atoms with Gasteiger partial charge in [-0.15, -0.1) is 0 Å². The molecular weight excluding hydrogens is 260 g/mol. The number of rotatable bonds is 5. The van der Waals surface area contributed by atoms with E-state index in [1.54, 1.807) is 17.6 Å². The Labute approximate surface area is 116 Å². The van der Waals surface area contributed by atoms with Crippen molar-refractivity contribution in [2.75, 3.05) is 13.7 Å². The molecule has 6 nitrogen and oxygen atoms in total. The first-order valence-corrected chi connectivity index (χ1v) is 6.54. The van der Waals surface area contributed by atoms with Crippen molar-refractivity contribution < 1.29 is 19.4 Å². The number of imidazole rings is 1. The number of hydrogen-bond acceptors (Lipinski definition) is 4. The molecule has 0 saturated heterocycles. The molecule has 2 aromatic rings. The Kier molecular flexibility index (Phi) is 2.90. The van der Waals surface area contributed by atoms with E-state index in [0.717, 1.165) is 18.5 Å². The van der Waals surface area contributed by atoms with Crippen molar-refractivity contribution in [3.63, 3.8) is 0 Å². The van der Waals surface area contributed by atoms with Crippen LogP contribution < -0.4 is 4.74 Å². The molecule has 3 rings (SSSR count). The second-order valence-electron chi connectivity index (χ2n) is 4.88. The Morgan fingerprint density at radius 1 is 1.50 bits per heavy atom. The number of hydrogen-bond donors (Lipinski definition) is 1. The fourth-order valence-electron chi connectivity index (χ4n) is 2.35. The minimum atomic E-state index is -1.02. The van der Waals surface area contributed by atoms with Crippen LogP contribution in [0.5, 0.6) is 5.75 Å². The molecule has 20 heavy (non-hydrogen) atoms. The predicted molar refractivity (Wildman–Crippen MR) is 71.2 cm³/mol. The highest BCUT2D eigenvalue weighted by Gasteiger charge is 2.47.